The average Bonchev–Trinajstić information content (AvgIpc) is 2.23. The number of rotatable bonds is 7. The lowest BCUT2D eigenvalue weighted by Crippen LogP contribution is -2.53. The van der Waals surface area contributed by atoms with E-state index in [0.29, 0.717) is 5.25 Å². The van der Waals surface area contributed by atoms with Crippen LogP contribution >= 0.6 is 11.8 Å². The number of nitrogens with one attached hydrogen (secondary N) is 1. The topological polar surface area (TPSA) is 47.6 Å². The highest BCUT2D eigenvalue weighted by Gasteiger charge is 2.35. The first-order valence-corrected chi connectivity index (χ1v) is 6.70. The lowest BCUT2D eigenvalue weighted by molar-refractivity contribution is -0.146. The van der Waals surface area contributed by atoms with Gasteiger partial charge in [-0.2, -0.15) is 11.8 Å². The largest absolute Gasteiger partial charge is 0.468 e. The molecule has 94 valence electrons. The van der Waals surface area contributed by atoms with Crippen molar-refractivity contribution in [3.05, 3.63) is 0 Å². The second kappa shape index (κ2) is 6.47. The predicted octanol–water partition coefficient (Wildman–Crippen LogP) is 1.05. The van der Waals surface area contributed by atoms with Crippen molar-refractivity contribution in [2.45, 2.75) is 31.1 Å². The molecule has 1 heterocycles. The molecule has 0 radical (unpaired) electrons. The fourth-order valence-corrected chi connectivity index (χ4v) is 2.58. The Labute approximate surface area is 101 Å². The fraction of sp³-hybridized carbons (Fsp3) is 0.909. The Bertz CT molecular complexity index is 233. The third kappa shape index (κ3) is 3.64. The molecule has 1 aliphatic rings. The number of hydrogen-bond acceptors (Lipinski definition) is 5. The molecular weight excluding hydrogens is 226 g/mol. The monoisotopic (exact) mass is 247 g/mol. The van der Waals surface area contributed by atoms with Crippen LogP contribution in [0.25, 0.3) is 0 Å². The van der Waals surface area contributed by atoms with Gasteiger partial charge in [0.25, 0.3) is 0 Å². The van der Waals surface area contributed by atoms with E-state index in [2.05, 4.69) is 12.2 Å². The average molecular weight is 247 g/mol. The van der Waals surface area contributed by atoms with Gasteiger partial charge < -0.3 is 14.8 Å². The first kappa shape index (κ1) is 13.8. The number of carbonyl (C=O) groups is 1. The van der Waals surface area contributed by atoms with Crippen LogP contribution < -0.4 is 5.32 Å². The Hall–Kier alpha value is -0.260. The van der Waals surface area contributed by atoms with Crippen molar-refractivity contribution in [2.24, 2.45) is 0 Å². The molecule has 4 nitrogen and oxygen atoms in total. The highest BCUT2D eigenvalue weighted by atomic mass is 32.2. The molecule has 0 aliphatic carbocycles. The lowest BCUT2D eigenvalue weighted by atomic mass is 10.1. The zero-order chi connectivity index (χ0) is 12.0. The van der Waals surface area contributed by atoms with Gasteiger partial charge in [-0.25, -0.2) is 0 Å². The Morgan fingerprint density at radius 3 is 2.75 bits per heavy atom. The number of ether oxygens (including phenoxy) is 2. The molecule has 0 aromatic rings. The van der Waals surface area contributed by atoms with Gasteiger partial charge in [-0.05, 0) is 19.9 Å². The van der Waals surface area contributed by atoms with Gasteiger partial charge in [-0.3, -0.25) is 4.79 Å². The molecule has 0 spiro atoms. The molecular formula is C11H21NO3S. The van der Waals surface area contributed by atoms with Gasteiger partial charge in [0.1, 0.15) is 5.54 Å². The maximum Gasteiger partial charge on any atom is 0.326 e. The normalized spacial score (nSPS) is 19.9. The van der Waals surface area contributed by atoms with E-state index in [9.17, 15) is 4.79 Å². The maximum atomic E-state index is 11.7. The van der Waals surface area contributed by atoms with Crippen LogP contribution in [0.3, 0.4) is 0 Å². The highest BCUT2D eigenvalue weighted by molar-refractivity contribution is 8.00. The minimum absolute atomic E-state index is 0.186. The number of hydrogen-bond donors (Lipinski definition) is 1. The van der Waals surface area contributed by atoms with Crippen molar-refractivity contribution in [2.75, 3.05) is 32.6 Å². The molecule has 1 fully saturated rings. The van der Waals surface area contributed by atoms with E-state index in [1.807, 2.05) is 6.92 Å². The van der Waals surface area contributed by atoms with E-state index >= 15 is 0 Å². The number of carbonyl (C=O) groups excluding carboxylic acids is 1. The van der Waals surface area contributed by atoms with E-state index in [0.717, 1.165) is 31.9 Å². The van der Waals surface area contributed by atoms with Crippen molar-refractivity contribution in [3.63, 3.8) is 0 Å². The van der Waals surface area contributed by atoms with Crippen molar-refractivity contribution in [3.8, 4) is 0 Å². The molecule has 0 aromatic carbocycles. The fourth-order valence-electron chi connectivity index (χ4n) is 1.40. The summed E-state index contributed by atoms with van der Waals surface area (Å²) in [7, 11) is 1.44. The summed E-state index contributed by atoms with van der Waals surface area (Å²) in [5.74, 6) is 0.543. The first-order valence-electron chi connectivity index (χ1n) is 5.65. The molecule has 0 saturated carbocycles. The van der Waals surface area contributed by atoms with Crippen molar-refractivity contribution in [1.29, 1.82) is 0 Å². The van der Waals surface area contributed by atoms with Crippen molar-refractivity contribution >= 4 is 17.7 Å². The minimum atomic E-state index is -0.578. The van der Waals surface area contributed by atoms with E-state index < -0.39 is 5.54 Å². The maximum absolute atomic E-state index is 11.7. The molecule has 1 aliphatic heterocycles. The molecule has 0 aromatic heterocycles. The Morgan fingerprint density at radius 1 is 1.62 bits per heavy atom. The van der Waals surface area contributed by atoms with Crippen LogP contribution in [-0.4, -0.2) is 49.4 Å². The summed E-state index contributed by atoms with van der Waals surface area (Å²) >= 11 is 1.78. The summed E-state index contributed by atoms with van der Waals surface area (Å²) in [4.78, 5) is 11.7. The van der Waals surface area contributed by atoms with Crippen LogP contribution in [0.15, 0.2) is 0 Å². The standard InChI is InChI=1S/C11H21NO3S/c1-4-5-12-11(2,10(13)14-3)8-16-9-6-15-7-9/h9,12H,4-8H2,1-3H3. The van der Waals surface area contributed by atoms with E-state index in [1.165, 1.54) is 7.11 Å². The molecule has 16 heavy (non-hydrogen) atoms. The Kier molecular flexibility index (Phi) is 5.58. The predicted molar refractivity (Wildman–Crippen MR) is 65.8 cm³/mol. The first-order chi connectivity index (χ1) is 7.62. The summed E-state index contributed by atoms with van der Waals surface area (Å²) in [5, 5.41) is 3.80. The SMILES string of the molecule is CCCNC(C)(CSC1COC1)C(=O)OC. The van der Waals surface area contributed by atoms with Gasteiger partial charge >= 0.3 is 5.97 Å². The van der Waals surface area contributed by atoms with Crippen LogP contribution in [-0.2, 0) is 14.3 Å². The van der Waals surface area contributed by atoms with Crippen LogP contribution in [0.2, 0.25) is 0 Å². The number of methoxy groups -OCH3 is 1. The van der Waals surface area contributed by atoms with Gasteiger partial charge in [-0.1, -0.05) is 6.92 Å². The van der Waals surface area contributed by atoms with Gasteiger partial charge in [-0.15, -0.1) is 0 Å². The highest BCUT2D eigenvalue weighted by Crippen LogP contribution is 2.24. The molecule has 1 saturated heterocycles. The minimum Gasteiger partial charge on any atom is -0.468 e. The van der Waals surface area contributed by atoms with Crippen molar-refractivity contribution in [1.82, 2.24) is 5.32 Å². The molecule has 1 N–H and O–H groups in total. The van der Waals surface area contributed by atoms with Crippen LogP contribution in [0.5, 0.6) is 0 Å². The second-order valence-electron chi connectivity index (χ2n) is 4.22. The summed E-state index contributed by atoms with van der Waals surface area (Å²) in [6.07, 6.45) is 1.00. The summed E-state index contributed by atoms with van der Waals surface area (Å²) < 4.78 is 9.96. The quantitative estimate of drug-likeness (QED) is 0.681. The van der Waals surface area contributed by atoms with E-state index in [1.54, 1.807) is 11.8 Å². The van der Waals surface area contributed by atoms with Crippen molar-refractivity contribution < 1.29 is 14.3 Å². The van der Waals surface area contributed by atoms with Gasteiger partial charge in [0.2, 0.25) is 0 Å². The molecule has 0 bridgehead atoms. The zero-order valence-electron chi connectivity index (χ0n) is 10.2. The molecule has 5 heteroatoms. The second-order valence-corrected chi connectivity index (χ2v) is 5.51. The third-order valence-electron chi connectivity index (χ3n) is 2.62. The molecule has 0 amide bonds. The third-order valence-corrected chi connectivity index (χ3v) is 4.10. The van der Waals surface area contributed by atoms with Crippen LogP contribution in [0.4, 0.5) is 0 Å². The zero-order valence-corrected chi connectivity index (χ0v) is 11.1. The smallest absolute Gasteiger partial charge is 0.326 e. The molecule has 1 rings (SSSR count). The summed E-state index contributed by atoms with van der Waals surface area (Å²) in [6, 6.07) is 0. The molecule has 1 atom stereocenters. The lowest BCUT2D eigenvalue weighted by Gasteiger charge is -2.32. The summed E-state index contributed by atoms with van der Waals surface area (Å²) in [6.45, 7) is 6.41. The Morgan fingerprint density at radius 2 is 2.31 bits per heavy atom. The molecule has 1 unspecified atom stereocenters. The van der Waals surface area contributed by atoms with E-state index in [4.69, 9.17) is 9.47 Å². The summed E-state index contributed by atoms with van der Waals surface area (Å²) in [5.41, 5.74) is -0.578. The van der Waals surface area contributed by atoms with Crippen LogP contribution in [0, 0.1) is 0 Å². The van der Waals surface area contributed by atoms with Gasteiger partial charge in [0.05, 0.1) is 25.6 Å². The number of thioether (sulfide) groups is 1. The van der Waals surface area contributed by atoms with Crippen LogP contribution in [0.1, 0.15) is 20.3 Å². The van der Waals surface area contributed by atoms with Gasteiger partial charge in [0, 0.05) is 5.75 Å². The van der Waals surface area contributed by atoms with E-state index in [-0.39, 0.29) is 5.97 Å². The Balaban J connectivity index is 2.43. The number of esters is 1. The van der Waals surface area contributed by atoms with Gasteiger partial charge in [0.15, 0.2) is 0 Å².